The van der Waals surface area contributed by atoms with Crippen LogP contribution in [-0.4, -0.2) is 28.5 Å². The lowest BCUT2D eigenvalue weighted by Crippen LogP contribution is -2.36. The molecule has 1 N–H and O–H groups in total. The van der Waals surface area contributed by atoms with Crippen LogP contribution in [0.1, 0.15) is 57.2 Å². The molecule has 1 aliphatic carbocycles. The molecule has 1 saturated heterocycles. The van der Waals surface area contributed by atoms with Crippen molar-refractivity contribution < 1.29 is 4.74 Å². The second-order valence-electron chi connectivity index (χ2n) is 6.23. The van der Waals surface area contributed by atoms with Crippen molar-refractivity contribution in [3.63, 3.8) is 0 Å². The van der Waals surface area contributed by atoms with Crippen molar-refractivity contribution in [2.24, 2.45) is 0 Å². The molecular weight excluding hydrogens is 238 g/mol. The number of hydrogen-bond acceptors (Lipinski definition) is 3. The minimum atomic E-state index is 0.0357. The fourth-order valence-corrected chi connectivity index (χ4v) is 3.28. The molecule has 1 saturated carbocycles. The molecule has 0 bridgehead atoms. The third kappa shape index (κ3) is 3.18. The van der Waals surface area contributed by atoms with Gasteiger partial charge in [0.05, 0.1) is 17.3 Å². The minimum Gasteiger partial charge on any atom is -0.374 e. The lowest BCUT2D eigenvalue weighted by molar-refractivity contribution is 0.0206. The Morgan fingerprint density at radius 3 is 3.00 bits per heavy atom. The van der Waals surface area contributed by atoms with E-state index < -0.39 is 0 Å². The number of nitrogens with one attached hydrogen (secondary N) is 1. The summed E-state index contributed by atoms with van der Waals surface area (Å²) in [6, 6.07) is 2.79. The molecule has 2 fully saturated rings. The quantitative estimate of drug-likeness (QED) is 0.887. The molecule has 0 spiro atoms. The van der Waals surface area contributed by atoms with Crippen molar-refractivity contribution in [3.8, 4) is 0 Å². The fraction of sp³-hybridized carbons (Fsp3) is 0.800. The average molecular weight is 263 g/mol. The maximum absolute atomic E-state index is 5.78. The normalized spacial score (nSPS) is 28.3. The number of aromatic nitrogens is 2. The van der Waals surface area contributed by atoms with E-state index in [1.807, 2.05) is 0 Å². The Balaban J connectivity index is 1.47. The topological polar surface area (TPSA) is 39.1 Å². The van der Waals surface area contributed by atoms with E-state index in [1.165, 1.54) is 32.1 Å². The van der Waals surface area contributed by atoms with Gasteiger partial charge in [0, 0.05) is 25.9 Å². The molecule has 4 nitrogen and oxygen atoms in total. The maximum atomic E-state index is 5.78. The van der Waals surface area contributed by atoms with Crippen molar-refractivity contribution in [1.82, 2.24) is 15.1 Å². The molecular formula is C15H25N3O. The highest BCUT2D eigenvalue weighted by atomic mass is 16.5. The Labute approximate surface area is 115 Å². The molecule has 1 unspecified atom stereocenters. The maximum Gasteiger partial charge on any atom is 0.0779 e. The van der Waals surface area contributed by atoms with E-state index in [-0.39, 0.29) is 5.60 Å². The SMILES string of the molecule is CC1(CNCc2ccn(C3CCCC3)n2)CCCO1. The molecule has 1 atom stereocenters. The van der Waals surface area contributed by atoms with Gasteiger partial charge >= 0.3 is 0 Å². The predicted octanol–water partition coefficient (Wildman–Crippen LogP) is 2.66. The summed E-state index contributed by atoms with van der Waals surface area (Å²) < 4.78 is 7.94. The number of rotatable bonds is 5. The molecule has 0 radical (unpaired) electrons. The summed E-state index contributed by atoms with van der Waals surface area (Å²) in [4.78, 5) is 0. The first-order valence-electron chi connectivity index (χ1n) is 7.64. The van der Waals surface area contributed by atoms with E-state index in [0.29, 0.717) is 6.04 Å². The first-order valence-corrected chi connectivity index (χ1v) is 7.64. The molecule has 0 aromatic carbocycles. The van der Waals surface area contributed by atoms with Gasteiger partial charge < -0.3 is 10.1 Å². The lowest BCUT2D eigenvalue weighted by atomic mass is 10.0. The van der Waals surface area contributed by atoms with Crippen LogP contribution in [0, 0.1) is 0 Å². The molecule has 19 heavy (non-hydrogen) atoms. The molecule has 106 valence electrons. The van der Waals surface area contributed by atoms with E-state index in [0.717, 1.165) is 31.8 Å². The first kappa shape index (κ1) is 13.1. The number of ether oxygens (including phenoxy) is 1. The van der Waals surface area contributed by atoms with Crippen LogP contribution < -0.4 is 5.32 Å². The Morgan fingerprint density at radius 1 is 1.42 bits per heavy atom. The Bertz CT molecular complexity index is 403. The Morgan fingerprint density at radius 2 is 2.26 bits per heavy atom. The molecule has 1 aliphatic heterocycles. The fourth-order valence-electron chi connectivity index (χ4n) is 3.28. The van der Waals surface area contributed by atoms with Crippen LogP contribution in [-0.2, 0) is 11.3 Å². The summed E-state index contributed by atoms with van der Waals surface area (Å²) in [5.41, 5.74) is 1.18. The minimum absolute atomic E-state index is 0.0357. The van der Waals surface area contributed by atoms with Crippen LogP contribution in [0.4, 0.5) is 0 Å². The van der Waals surface area contributed by atoms with Gasteiger partial charge in [0.25, 0.3) is 0 Å². The number of nitrogens with zero attached hydrogens (tertiary/aromatic N) is 2. The second-order valence-corrected chi connectivity index (χ2v) is 6.23. The van der Waals surface area contributed by atoms with E-state index in [2.05, 4.69) is 29.2 Å². The van der Waals surface area contributed by atoms with Crippen LogP contribution in [0.5, 0.6) is 0 Å². The van der Waals surface area contributed by atoms with Crippen molar-refractivity contribution in [2.75, 3.05) is 13.2 Å². The summed E-state index contributed by atoms with van der Waals surface area (Å²) in [6.07, 6.45) is 9.79. The smallest absolute Gasteiger partial charge is 0.0779 e. The molecule has 1 aromatic rings. The second kappa shape index (κ2) is 5.63. The molecule has 2 aliphatic rings. The zero-order valence-corrected chi connectivity index (χ0v) is 11.9. The van der Waals surface area contributed by atoms with Gasteiger partial charge in [-0.2, -0.15) is 5.10 Å². The summed E-state index contributed by atoms with van der Waals surface area (Å²) in [6.45, 7) is 4.88. The molecule has 3 rings (SSSR count). The van der Waals surface area contributed by atoms with E-state index in [9.17, 15) is 0 Å². The van der Waals surface area contributed by atoms with Gasteiger partial charge in [0.1, 0.15) is 0 Å². The highest BCUT2D eigenvalue weighted by molar-refractivity contribution is 5.00. The summed E-state index contributed by atoms with van der Waals surface area (Å²) in [5, 5.41) is 8.18. The van der Waals surface area contributed by atoms with Crippen molar-refractivity contribution in [2.45, 2.75) is 63.6 Å². The van der Waals surface area contributed by atoms with E-state index in [1.54, 1.807) is 0 Å². The Hall–Kier alpha value is -0.870. The highest BCUT2D eigenvalue weighted by Gasteiger charge is 2.29. The van der Waals surface area contributed by atoms with Crippen molar-refractivity contribution >= 4 is 0 Å². The van der Waals surface area contributed by atoms with Gasteiger partial charge in [0.15, 0.2) is 0 Å². The van der Waals surface area contributed by atoms with Crippen LogP contribution >= 0.6 is 0 Å². The highest BCUT2D eigenvalue weighted by Crippen LogP contribution is 2.28. The monoisotopic (exact) mass is 263 g/mol. The zero-order chi connectivity index (χ0) is 13.1. The lowest BCUT2D eigenvalue weighted by Gasteiger charge is -2.23. The van der Waals surface area contributed by atoms with Gasteiger partial charge in [-0.25, -0.2) is 0 Å². The van der Waals surface area contributed by atoms with Crippen molar-refractivity contribution in [3.05, 3.63) is 18.0 Å². The van der Waals surface area contributed by atoms with Crippen LogP contribution in [0.2, 0.25) is 0 Å². The van der Waals surface area contributed by atoms with Gasteiger partial charge in [-0.05, 0) is 38.7 Å². The third-order valence-electron chi connectivity index (χ3n) is 4.47. The van der Waals surface area contributed by atoms with Crippen LogP contribution in [0.25, 0.3) is 0 Å². The molecule has 4 heteroatoms. The largest absolute Gasteiger partial charge is 0.374 e. The van der Waals surface area contributed by atoms with Crippen molar-refractivity contribution in [1.29, 1.82) is 0 Å². The van der Waals surface area contributed by atoms with E-state index >= 15 is 0 Å². The van der Waals surface area contributed by atoms with Gasteiger partial charge in [0.2, 0.25) is 0 Å². The van der Waals surface area contributed by atoms with Gasteiger partial charge in [-0.3, -0.25) is 4.68 Å². The molecule has 2 heterocycles. The van der Waals surface area contributed by atoms with Gasteiger partial charge in [-0.15, -0.1) is 0 Å². The summed E-state index contributed by atoms with van der Waals surface area (Å²) >= 11 is 0. The standard InChI is InChI=1S/C15H25N3O/c1-15(8-4-10-19-15)12-16-11-13-7-9-18(17-13)14-5-2-3-6-14/h7,9,14,16H,2-6,8,10-12H2,1H3. The number of hydrogen-bond donors (Lipinski definition) is 1. The average Bonchev–Trinajstić information content (AvgIpc) is 3.08. The summed E-state index contributed by atoms with van der Waals surface area (Å²) in [7, 11) is 0. The molecule has 1 aromatic heterocycles. The Kier molecular flexibility index (Phi) is 3.89. The third-order valence-corrected chi connectivity index (χ3v) is 4.47. The zero-order valence-electron chi connectivity index (χ0n) is 11.9. The molecule has 0 amide bonds. The van der Waals surface area contributed by atoms with Crippen LogP contribution in [0.3, 0.4) is 0 Å². The predicted molar refractivity (Wildman–Crippen MR) is 75.0 cm³/mol. The van der Waals surface area contributed by atoms with Gasteiger partial charge in [-0.1, -0.05) is 12.8 Å². The van der Waals surface area contributed by atoms with Crippen LogP contribution in [0.15, 0.2) is 12.3 Å². The van der Waals surface area contributed by atoms with E-state index in [4.69, 9.17) is 9.84 Å². The first-order chi connectivity index (χ1) is 9.25. The summed E-state index contributed by atoms with van der Waals surface area (Å²) in [5.74, 6) is 0.